The Morgan fingerprint density at radius 2 is 1.96 bits per heavy atom. The number of aromatic amines is 2. The summed E-state index contributed by atoms with van der Waals surface area (Å²) in [5.41, 5.74) is 9.83. The molecule has 0 unspecified atom stereocenters. The normalized spacial score (nSPS) is 24.1. The minimum absolute atomic E-state index is 0.0388. The minimum atomic E-state index is -1.29. The molecule has 28 heavy (non-hydrogen) atoms. The van der Waals surface area contributed by atoms with Crippen molar-refractivity contribution in [2.45, 2.75) is 24.5 Å². The van der Waals surface area contributed by atoms with Crippen molar-refractivity contribution in [1.82, 2.24) is 29.5 Å². The van der Waals surface area contributed by atoms with Crippen LogP contribution in [0.5, 0.6) is 0 Å². The molecule has 0 spiro atoms. The van der Waals surface area contributed by atoms with Gasteiger partial charge in [-0.05, 0) is 6.07 Å². The summed E-state index contributed by atoms with van der Waals surface area (Å²) >= 11 is 0. The van der Waals surface area contributed by atoms with E-state index >= 15 is 0 Å². The van der Waals surface area contributed by atoms with E-state index in [1.807, 2.05) is 0 Å². The Bertz CT molecular complexity index is 1080. The molecule has 4 atom stereocenters. The number of nitrogen functional groups attached to an aromatic ring is 2. The SMILES string of the molecule is Nc1cc[nH]c(=O)n1.Nc1nc2c(ncn2[C@@H]2O[C@H](CO)[C@@H](O)[C@H]2O)c(=O)[nH]1. The summed E-state index contributed by atoms with van der Waals surface area (Å²) in [7, 11) is 0. The fourth-order valence-electron chi connectivity index (χ4n) is 2.62. The maximum atomic E-state index is 11.7. The van der Waals surface area contributed by atoms with E-state index < -0.39 is 42.4 Å². The lowest BCUT2D eigenvalue weighted by Gasteiger charge is -2.16. The molecule has 9 N–H and O–H groups in total. The smallest absolute Gasteiger partial charge is 0.346 e. The Morgan fingerprint density at radius 3 is 2.54 bits per heavy atom. The van der Waals surface area contributed by atoms with Crippen LogP contribution in [0.4, 0.5) is 11.8 Å². The van der Waals surface area contributed by atoms with Crippen LogP contribution in [0, 0.1) is 0 Å². The van der Waals surface area contributed by atoms with Crippen molar-refractivity contribution in [3.05, 3.63) is 39.4 Å². The molecule has 150 valence electrons. The zero-order valence-electron chi connectivity index (χ0n) is 14.3. The van der Waals surface area contributed by atoms with Crippen LogP contribution in [-0.4, -0.2) is 69.7 Å². The highest BCUT2D eigenvalue weighted by Crippen LogP contribution is 2.30. The predicted molar refractivity (Wildman–Crippen MR) is 94.8 cm³/mol. The third-order valence-corrected chi connectivity index (χ3v) is 3.93. The van der Waals surface area contributed by atoms with Gasteiger partial charge in [-0.15, -0.1) is 0 Å². The lowest BCUT2D eigenvalue weighted by Crippen LogP contribution is -2.33. The summed E-state index contributed by atoms with van der Waals surface area (Å²) < 4.78 is 6.64. The number of ether oxygens (including phenoxy) is 1. The van der Waals surface area contributed by atoms with Crippen molar-refractivity contribution >= 4 is 22.9 Å². The lowest BCUT2D eigenvalue weighted by molar-refractivity contribution is -0.0511. The van der Waals surface area contributed by atoms with E-state index in [9.17, 15) is 19.8 Å². The van der Waals surface area contributed by atoms with Crippen LogP contribution >= 0.6 is 0 Å². The summed E-state index contributed by atoms with van der Waals surface area (Å²) in [6.45, 7) is -0.447. The summed E-state index contributed by atoms with van der Waals surface area (Å²) in [6.07, 6.45) is -1.77. The molecule has 3 aromatic heterocycles. The molecule has 0 amide bonds. The second-order valence-corrected chi connectivity index (χ2v) is 5.82. The largest absolute Gasteiger partial charge is 0.394 e. The number of aliphatic hydroxyl groups excluding tert-OH is 3. The summed E-state index contributed by atoms with van der Waals surface area (Å²) in [5, 5.41) is 28.7. The number of aliphatic hydroxyl groups is 3. The first-order valence-corrected chi connectivity index (χ1v) is 7.97. The van der Waals surface area contributed by atoms with E-state index in [-0.39, 0.29) is 22.9 Å². The molecule has 1 fully saturated rings. The summed E-state index contributed by atoms with van der Waals surface area (Å²) in [5.74, 6) is 0.143. The minimum Gasteiger partial charge on any atom is -0.394 e. The molecule has 0 aliphatic carbocycles. The standard InChI is InChI=1S/C10H13N5O5.C4H5N3O/c11-10-13-7-4(8(19)14-10)12-2-15(7)9-6(18)5(17)3(1-16)20-9;5-3-1-2-6-4(8)7-3/h2-3,5-6,9,16-18H,1H2,(H3,11,13,14,19);1-2H,(H3,5,6,7,8)/t3-,5-,6-,9-;/m1./s1. The number of H-pyrrole nitrogens is 2. The number of nitrogens with two attached hydrogens (primary N) is 2. The van der Waals surface area contributed by atoms with Gasteiger partial charge in [0.15, 0.2) is 17.4 Å². The van der Waals surface area contributed by atoms with Gasteiger partial charge in [-0.1, -0.05) is 0 Å². The lowest BCUT2D eigenvalue weighted by atomic mass is 10.1. The van der Waals surface area contributed by atoms with Crippen LogP contribution in [0.15, 0.2) is 28.2 Å². The number of nitrogens with one attached hydrogen (secondary N) is 2. The molecule has 3 aromatic rings. The Hall–Kier alpha value is -3.33. The number of imidazole rings is 1. The number of aromatic nitrogens is 6. The molecule has 4 rings (SSSR count). The van der Waals surface area contributed by atoms with Gasteiger partial charge in [0, 0.05) is 6.20 Å². The van der Waals surface area contributed by atoms with E-state index in [0.717, 1.165) is 0 Å². The molecule has 14 nitrogen and oxygen atoms in total. The van der Waals surface area contributed by atoms with Gasteiger partial charge in [-0.25, -0.2) is 9.78 Å². The maximum absolute atomic E-state index is 11.7. The van der Waals surface area contributed by atoms with Gasteiger partial charge in [0.1, 0.15) is 24.1 Å². The van der Waals surface area contributed by atoms with Crippen molar-refractivity contribution in [3.63, 3.8) is 0 Å². The highest BCUT2D eigenvalue weighted by Gasteiger charge is 2.44. The van der Waals surface area contributed by atoms with Crippen LogP contribution < -0.4 is 22.7 Å². The van der Waals surface area contributed by atoms with Gasteiger partial charge in [-0.2, -0.15) is 9.97 Å². The number of hydrogen-bond donors (Lipinski definition) is 7. The zero-order chi connectivity index (χ0) is 20.4. The van der Waals surface area contributed by atoms with Gasteiger partial charge >= 0.3 is 5.69 Å². The Morgan fingerprint density at radius 1 is 1.21 bits per heavy atom. The van der Waals surface area contributed by atoms with Crippen molar-refractivity contribution < 1.29 is 20.1 Å². The highest BCUT2D eigenvalue weighted by atomic mass is 16.6. The van der Waals surface area contributed by atoms with Crippen LogP contribution in [-0.2, 0) is 4.74 Å². The zero-order valence-corrected chi connectivity index (χ0v) is 14.3. The van der Waals surface area contributed by atoms with E-state index in [2.05, 4.69) is 24.9 Å². The van der Waals surface area contributed by atoms with E-state index in [0.29, 0.717) is 0 Å². The number of fused-ring (bicyclic) bond motifs is 1. The average Bonchev–Trinajstić information content (AvgIpc) is 3.17. The number of hydrogen-bond acceptors (Lipinski definition) is 11. The second-order valence-electron chi connectivity index (χ2n) is 5.82. The van der Waals surface area contributed by atoms with Gasteiger partial charge in [-0.3, -0.25) is 14.3 Å². The Balaban J connectivity index is 0.000000236. The molecule has 4 heterocycles. The fraction of sp³-hybridized carbons (Fsp3) is 0.357. The van der Waals surface area contributed by atoms with Crippen molar-refractivity contribution in [2.75, 3.05) is 18.1 Å². The third-order valence-electron chi connectivity index (χ3n) is 3.93. The molecular weight excluding hydrogens is 376 g/mol. The molecule has 0 aromatic carbocycles. The first-order chi connectivity index (χ1) is 13.3. The molecular formula is C14H18N8O6. The van der Waals surface area contributed by atoms with Crippen LogP contribution in [0.2, 0.25) is 0 Å². The number of rotatable bonds is 2. The average molecular weight is 394 g/mol. The van der Waals surface area contributed by atoms with Gasteiger partial charge in [0.25, 0.3) is 5.56 Å². The second kappa shape index (κ2) is 7.73. The van der Waals surface area contributed by atoms with Crippen LogP contribution in [0.3, 0.4) is 0 Å². The Labute approximate surface area is 155 Å². The third kappa shape index (κ3) is 3.70. The Kier molecular flexibility index (Phi) is 5.36. The summed E-state index contributed by atoms with van der Waals surface area (Å²) in [4.78, 5) is 37.7. The molecule has 0 saturated carbocycles. The molecule has 0 bridgehead atoms. The van der Waals surface area contributed by atoms with E-state index in [4.69, 9.17) is 21.3 Å². The molecule has 1 aliphatic heterocycles. The monoisotopic (exact) mass is 394 g/mol. The van der Waals surface area contributed by atoms with Crippen molar-refractivity contribution in [2.24, 2.45) is 0 Å². The number of anilines is 2. The predicted octanol–water partition coefficient (Wildman–Crippen LogP) is -3.33. The van der Waals surface area contributed by atoms with E-state index in [1.165, 1.54) is 23.2 Å². The van der Waals surface area contributed by atoms with Gasteiger partial charge < -0.3 is 36.5 Å². The van der Waals surface area contributed by atoms with Gasteiger partial charge in [0.05, 0.1) is 12.9 Å². The maximum Gasteiger partial charge on any atom is 0.346 e. The first-order valence-electron chi connectivity index (χ1n) is 7.97. The van der Waals surface area contributed by atoms with Crippen LogP contribution in [0.25, 0.3) is 11.2 Å². The van der Waals surface area contributed by atoms with Crippen molar-refractivity contribution in [1.29, 1.82) is 0 Å². The molecule has 0 radical (unpaired) electrons. The summed E-state index contributed by atoms with van der Waals surface area (Å²) in [6, 6.07) is 1.52. The fourth-order valence-corrected chi connectivity index (χ4v) is 2.62. The molecule has 1 saturated heterocycles. The molecule has 1 aliphatic rings. The van der Waals surface area contributed by atoms with Crippen molar-refractivity contribution in [3.8, 4) is 0 Å². The number of nitrogens with zero attached hydrogens (tertiary/aromatic N) is 4. The molecule has 14 heteroatoms. The van der Waals surface area contributed by atoms with Gasteiger partial charge in [0.2, 0.25) is 5.95 Å². The quantitative estimate of drug-likeness (QED) is 0.227. The van der Waals surface area contributed by atoms with Crippen LogP contribution in [0.1, 0.15) is 6.23 Å². The highest BCUT2D eigenvalue weighted by molar-refractivity contribution is 5.70. The van der Waals surface area contributed by atoms with E-state index in [1.54, 1.807) is 0 Å². The topological polar surface area (TPSA) is 231 Å². The first kappa shape index (κ1) is 19.4.